The second-order valence-corrected chi connectivity index (χ2v) is 6.12. The van der Waals surface area contributed by atoms with Crippen molar-refractivity contribution in [3.8, 4) is 0 Å². The molecule has 1 atom stereocenters. The van der Waals surface area contributed by atoms with Crippen LogP contribution >= 0.6 is 11.3 Å². The molecule has 0 bridgehead atoms. The van der Waals surface area contributed by atoms with Crippen molar-refractivity contribution in [1.82, 2.24) is 5.32 Å². The average molecular weight is 310 g/mol. The maximum absolute atomic E-state index is 12.6. The van der Waals surface area contributed by atoms with E-state index >= 15 is 0 Å². The van der Waals surface area contributed by atoms with Crippen LogP contribution in [0.1, 0.15) is 49.9 Å². The second-order valence-electron chi connectivity index (χ2n) is 5.20. The largest absolute Gasteiger partial charge is 0.462 e. The molecule has 1 aromatic heterocycles. The molecule has 5 nitrogen and oxygen atoms in total. The topological polar surface area (TPSA) is 67.4 Å². The molecule has 2 N–H and O–H groups in total. The van der Waals surface area contributed by atoms with Gasteiger partial charge in [-0.1, -0.05) is 13.3 Å². The highest BCUT2D eigenvalue weighted by Gasteiger charge is 2.40. The van der Waals surface area contributed by atoms with Crippen LogP contribution < -0.4 is 10.6 Å². The molecule has 1 fully saturated rings. The van der Waals surface area contributed by atoms with Crippen LogP contribution in [0.2, 0.25) is 0 Å². The molecule has 21 heavy (non-hydrogen) atoms. The Morgan fingerprint density at radius 1 is 1.48 bits per heavy atom. The first-order valence-electron chi connectivity index (χ1n) is 7.44. The fourth-order valence-corrected chi connectivity index (χ4v) is 3.52. The van der Waals surface area contributed by atoms with Crippen molar-refractivity contribution in [2.75, 3.05) is 18.5 Å². The summed E-state index contributed by atoms with van der Waals surface area (Å²) in [5.41, 5.74) is -0.0650. The van der Waals surface area contributed by atoms with Crippen LogP contribution in [0.5, 0.6) is 0 Å². The normalized spacial score (nSPS) is 21.2. The van der Waals surface area contributed by atoms with Crippen molar-refractivity contribution >= 4 is 28.2 Å². The molecule has 2 rings (SSSR count). The van der Waals surface area contributed by atoms with Gasteiger partial charge in [0.1, 0.15) is 5.00 Å². The molecule has 2 heterocycles. The van der Waals surface area contributed by atoms with Gasteiger partial charge in [0.25, 0.3) is 0 Å². The molecule has 116 valence electrons. The fourth-order valence-electron chi connectivity index (χ4n) is 2.75. The molecule has 0 aromatic carbocycles. The van der Waals surface area contributed by atoms with Gasteiger partial charge in [-0.25, -0.2) is 4.79 Å². The van der Waals surface area contributed by atoms with Gasteiger partial charge in [-0.2, -0.15) is 0 Å². The zero-order valence-corrected chi connectivity index (χ0v) is 13.3. The van der Waals surface area contributed by atoms with Crippen molar-refractivity contribution < 1.29 is 14.3 Å². The fraction of sp³-hybridized carbons (Fsp3) is 0.600. The third kappa shape index (κ3) is 3.44. The predicted molar refractivity (Wildman–Crippen MR) is 83.8 cm³/mol. The highest BCUT2D eigenvalue weighted by Crippen LogP contribution is 2.29. The average Bonchev–Trinajstić information content (AvgIpc) is 3.09. The molecule has 1 aromatic rings. The van der Waals surface area contributed by atoms with E-state index in [0.29, 0.717) is 17.2 Å². The molecule has 1 aliphatic rings. The summed E-state index contributed by atoms with van der Waals surface area (Å²) in [6.45, 7) is 5.03. The van der Waals surface area contributed by atoms with Crippen molar-refractivity contribution in [2.24, 2.45) is 0 Å². The first-order valence-corrected chi connectivity index (χ1v) is 8.32. The molecule has 1 aliphatic heterocycles. The Bertz CT molecular complexity index is 507. The number of ether oxygens (including phenoxy) is 1. The molecule has 6 heteroatoms. The van der Waals surface area contributed by atoms with E-state index in [0.717, 1.165) is 32.2 Å². The summed E-state index contributed by atoms with van der Waals surface area (Å²) in [5.74, 6) is -0.437. The number of hydrogen-bond acceptors (Lipinski definition) is 5. The van der Waals surface area contributed by atoms with Crippen LogP contribution in [0.25, 0.3) is 0 Å². The summed E-state index contributed by atoms with van der Waals surface area (Å²) in [6.07, 6.45) is 3.59. The van der Waals surface area contributed by atoms with Crippen LogP contribution in [0, 0.1) is 0 Å². The first kappa shape index (κ1) is 16.0. The maximum atomic E-state index is 12.6. The Morgan fingerprint density at radius 2 is 2.29 bits per heavy atom. The minimum absolute atomic E-state index is 0.0464. The standard InChI is InChI=1S/C15H22N2O3S/c1-3-7-15(8-5-9-16-15)14(19)17-12-11(6-10-21-12)13(18)20-4-2/h6,10,16H,3-5,7-9H2,1-2H3,(H,17,19). The third-order valence-electron chi connectivity index (χ3n) is 3.74. The molecule has 1 amide bonds. The van der Waals surface area contributed by atoms with Crippen molar-refractivity contribution in [2.45, 2.75) is 45.1 Å². The zero-order chi connectivity index (χ0) is 15.3. The lowest BCUT2D eigenvalue weighted by Gasteiger charge is -2.27. The van der Waals surface area contributed by atoms with Crippen LogP contribution in [0.4, 0.5) is 5.00 Å². The summed E-state index contributed by atoms with van der Waals surface area (Å²) in [5, 5.41) is 8.61. The predicted octanol–water partition coefficient (Wildman–Crippen LogP) is 2.79. The summed E-state index contributed by atoms with van der Waals surface area (Å²) in [6, 6.07) is 1.69. The van der Waals surface area contributed by atoms with Gasteiger partial charge in [-0.05, 0) is 44.2 Å². The highest BCUT2D eigenvalue weighted by molar-refractivity contribution is 7.14. The Labute approximate surface area is 129 Å². The van der Waals surface area contributed by atoms with Gasteiger partial charge in [0.2, 0.25) is 5.91 Å². The lowest BCUT2D eigenvalue weighted by atomic mass is 9.91. The Morgan fingerprint density at radius 3 is 2.90 bits per heavy atom. The number of hydrogen-bond donors (Lipinski definition) is 2. The lowest BCUT2D eigenvalue weighted by Crippen LogP contribution is -2.50. The van der Waals surface area contributed by atoms with E-state index in [-0.39, 0.29) is 5.91 Å². The van der Waals surface area contributed by atoms with E-state index in [1.165, 1.54) is 11.3 Å². The van der Waals surface area contributed by atoms with Crippen LogP contribution in [-0.4, -0.2) is 30.6 Å². The van der Waals surface area contributed by atoms with Crippen molar-refractivity contribution in [3.05, 3.63) is 17.0 Å². The highest BCUT2D eigenvalue weighted by atomic mass is 32.1. The second kappa shape index (κ2) is 7.04. The summed E-state index contributed by atoms with van der Waals surface area (Å²) < 4.78 is 5.01. The maximum Gasteiger partial charge on any atom is 0.341 e. The first-order chi connectivity index (χ1) is 10.1. The van der Waals surface area contributed by atoms with Crippen molar-refractivity contribution in [1.29, 1.82) is 0 Å². The van der Waals surface area contributed by atoms with E-state index in [9.17, 15) is 9.59 Å². The van der Waals surface area contributed by atoms with Gasteiger partial charge in [-0.15, -0.1) is 11.3 Å². The molecular formula is C15H22N2O3S. The van der Waals surface area contributed by atoms with E-state index in [1.807, 2.05) is 0 Å². The molecule has 1 unspecified atom stereocenters. The van der Waals surface area contributed by atoms with Gasteiger partial charge < -0.3 is 15.4 Å². The summed E-state index contributed by atoms with van der Waals surface area (Å²) in [7, 11) is 0. The number of carbonyl (C=O) groups excluding carboxylic acids is 2. The Kier molecular flexibility index (Phi) is 5.36. The van der Waals surface area contributed by atoms with E-state index in [4.69, 9.17) is 4.74 Å². The van der Waals surface area contributed by atoms with E-state index < -0.39 is 11.5 Å². The summed E-state index contributed by atoms with van der Waals surface area (Å²) >= 11 is 1.35. The van der Waals surface area contributed by atoms with Crippen LogP contribution in [0.3, 0.4) is 0 Å². The van der Waals surface area contributed by atoms with Crippen molar-refractivity contribution in [3.63, 3.8) is 0 Å². The van der Waals surface area contributed by atoms with Gasteiger partial charge in [0.05, 0.1) is 17.7 Å². The molecule has 0 aliphatic carbocycles. The van der Waals surface area contributed by atoms with Gasteiger partial charge in [0, 0.05) is 0 Å². The van der Waals surface area contributed by atoms with Crippen LogP contribution in [-0.2, 0) is 9.53 Å². The van der Waals surface area contributed by atoms with Gasteiger partial charge in [0.15, 0.2) is 0 Å². The number of rotatable bonds is 6. The van der Waals surface area contributed by atoms with Gasteiger partial charge in [-0.3, -0.25) is 4.79 Å². The monoisotopic (exact) mass is 310 g/mol. The SMILES string of the molecule is CCCC1(C(=O)Nc2sccc2C(=O)OCC)CCCN1. The molecule has 0 radical (unpaired) electrons. The Balaban J connectivity index is 2.12. The van der Waals surface area contributed by atoms with Crippen LogP contribution in [0.15, 0.2) is 11.4 Å². The smallest absolute Gasteiger partial charge is 0.341 e. The molecular weight excluding hydrogens is 288 g/mol. The van der Waals surface area contributed by atoms with E-state index in [2.05, 4.69) is 17.6 Å². The lowest BCUT2D eigenvalue weighted by molar-refractivity contribution is -0.122. The minimum Gasteiger partial charge on any atom is -0.462 e. The number of thiophene rings is 1. The zero-order valence-electron chi connectivity index (χ0n) is 12.5. The minimum atomic E-state index is -0.495. The summed E-state index contributed by atoms with van der Waals surface area (Å²) in [4.78, 5) is 24.5. The Hall–Kier alpha value is -1.40. The number of carbonyl (C=O) groups is 2. The number of nitrogens with one attached hydrogen (secondary N) is 2. The number of esters is 1. The molecule has 0 spiro atoms. The number of anilines is 1. The number of amides is 1. The quantitative estimate of drug-likeness (QED) is 0.793. The third-order valence-corrected chi connectivity index (χ3v) is 4.57. The van der Waals surface area contributed by atoms with Gasteiger partial charge >= 0.3 is 5.97 Å². The molecule has 0 saturated carbocycles. The van der Waals surface area contributed by atoms with E-state index in [1.54, 1.807) is 18.4 Å². The molecule has 1 saturated heterocycles.